The summed E-state index contributed by atoms with van der Waals surface area (Å²) in [6, 6.07) is 8.96. The summed E-state index contributed by atoms with van der Waals surface area (Å²) < 4.78 is 24.4. The van der Waals surface area contributed by atoms with Crippen molar-refractivity contribution in [2.75, 3.05) is 12.3 Å². The molecule has 0 amide bonds. The topological polar surface area (TPSA) is 198 Å². The molecule has 1 unspecified atom stereocenters. The molecule has 1 fully saturated rings. The van der Waals surface area contributed by atoms with E-state index in [9.17, 15) is 24.5 Å². The molecule has 13 nitrogen and oxygen atoms in total. The minimum atomic E-state index is -4.23. The van der Waals surface area contributed by atoms with Crippen LogP contribution in [0.2, 0.25) is 0 Å². The summed E-state index contributed by atoms with van der Waals surface area (Å²) in [5.41, 5.74) is 3.95. The number of nitrogens with two attached hydrogens (primary N) is 1. The summed E-state index contributed by atoms with van der Waals surface area (Å²) in [4.78, 5) is 32.3. The first-order valence-corrected chi connectivity index (χ1v) is 11.2. The van der Waals surface area contributed by atoms with Gasteiger partial charge in [0.1, 0.15) is 17.8 Å². The lowest BCUT2D eigenvalue weighted by Gasteiger charge is -2.27. The summed E-state index contributed by atoms with van der Waals surface area (Å²) in [5, 5.41) is 23.9. The number of nitrogens with one attached hydrogen (secondary N) is 2. The molecule has 180 valence electrons. The largest absolute Gasteiger partial charge is 0.403 e. The summed E-state index contributed by atoms with van der Waals surface area (Å²) in [7, 11) is -4.23. The number of fused-ring (bicyclic) bond motifs is 1. The van der Waals surface area contributed by atoms with Crippen LogP contribution in [0.15, 0.2) is 41.5 Å². The van der Waals surface area contributed by atoms with Crippen LogP contribution in [-0.2, 0) is 20.4 Å². The summed E-state index contributed by atoms with van der Waals surface area (Å²) in [6.07, 6.45) is -2.65. The molecule has 3 heterocycles. The monoisotopic (exact) mass is 500 g/mol. The molecule has 3 aromatic rings. The number of hydrogen-bond donors (Lipinski definition) is 6. The second kappa shape index (κ2) is 9.52. The van der Waals surface area contributed by atoms with E-state index in [-0.39, 0.29) is 37.2 Å². The van der Waals surface area contributed by atoms with Crippen LogP contribution in [0.25, 0.3) is 11.2 Å². The van der Waals surface area contributed by atoms with E-state index in [1.54, 1.807) is 24.3 Å². The van der Waals surface area contributed by atoms with Gasteiger partial charge in [0.05, 0.1) is 12.9 Å². The molecule has 2 aromatic heterocycles. The quantitative estimate of drug-likeness (QED) is 0.233. The van der Waals surface area contributed by atoms with E-state index < -0.39 is 43.9 Å². The zero-order chi connectivity index (χ0) is 23.1. The fourth-order valence-electron chi connectivity index (χ4n) is 3.50. The van der Waals surface area contributed by atoms with Gasteiger partial charge in [-0.1, -0.05) is 30.3 Å². The lowest BCUT2D eigenvalue weighted by atomic mass is 9.96. The molecule has 5 atom stereocenters. The molecule has 1 saturated heterocycles. The molecule has 7 N–H and O–H groups in total. The van der Waals surface area contributed by atoms with E-state index in [1.807, 2.05) is 6.07 Å². The minimum Gasteiger partial charge on any atom is -0.387 e. The van der Waals surface area contributed by atoms with Gasteiger partial charge in [-0.05, 0) is 12.5 Å². The Bertz CT molecular complexity index is 1220. The van der Waals surface area contributed by atoms with E-state index in [4.69, 9.17) is 15.0 Å². The van der Waals surface area contributed by atoms with Crippen molar-refractivity contribution < 1.29 is 28.9 Å². The SMILES string of the molecule is C[C@@]1(O)[C@H](O)[C@@H](COP(=O)(O)NCc2ccccc2)O[C@H]1n1cnc2c(=O)[nH]c(N)nc21.S. The molecule has 0 bridgehead atoms. The van der Waals surface area contributed by atoms with Crippen molar-refractivity contribution in [1.82, 2.24) is 24.6 Å². The number of hydrogen-bond acceptors (Lipinski definition) is 9. The van der Waals surface area contributed by atoms with Gasteiger partial charge in [-0.2, -0.15) is 18.5 Å². The minimum absolute atomic E-state index is 0. The van der Waals surface area contributed by atoms with Crippen LogP contribution in [0, 0.1) is 0 Å². The van der Waals surface area contributed by atoms with Crippen molar-refractivity contribution >= 4 is 38.4 Å². The molecule has 0 saturated carbocycles. The first-order valence-electron chi connectivity index (χ1n) is 9.63. The zero-order valence-electron chi connectivity index (χ0n) is 17.5. The normalized spacial score (nSPS) is 26.7. The van der Waals surface area contributed by atoms with Crippen molar-refractivity contribution in [2.45, 2.75) is 37.5 Å². The molecule has 0 spiro atoms. The highest BCUT2D eigenvalue weighted by molar-refractivity contribution is 7.59. The number of aromatic nitrogens is 4. The Balaban J connectivity index is 0.00000306. The highest BCUT2D eigenvalue weighted by Gasteiger charge is 2.54. The van der Waals surface area contributed by atoms with Gasteiger partial charge in [0.2, 0.25) is 5.95 Å². The number of H-pyrrole nitrogens is 1. The molecule has 0 aliphatic carbocycles. The number of nitrogens with zero attached hydrogens (tertiary/aromatic N) is 3. The summed E-state index contributed by atoms with van der Waals surface area (Å²) in [5.74, 6) is -0.159. The van der Waals surface area contributed by atoms with Gasteiger partial charge < -0.3 is 25.6 Å². The number of anilines is 1. The fraction of sp³-hybridized carbons (Fsp3) is 0.389. The predicted molar refractivity (Wildman–Crippen MR) is 123 cm³/mol. The van der Waals surface area contributed by atoms with Gasteiger partial charge in [0.15, 0.2) is 17.4 Å². The molecular weight excluding hydrogens is 475 g/mol. The summed E-state index contributed by atoms with van der Waals surface area (Å²) in [6.45, 7) is 0.911. The van der Waals surface area contributed by atoms with Crippen molar-refractivity contribution in [1.29, 1.82) is 0 Å². The number of benzene rings is 1. The van der Waals surface area contributed by atoms with Crippen molar-refractivity contribution in [2.24, 2.45) is 0 Å². The highest BCUT2D eigenvalue weighted by Crippen LogP contribution is 2.42. The van der Waals surface area contributed by atoms with Crippen molar-refractivity contribution in [3.8, 4) is 0 Å². The van der Waals surface area contributed by atoms with E-state index in [1.165, 1.54) is 17.8 Å². The van der Waals surface area contributed by atoms with Crippen molar-refractivity contribution in [3.63, 3.8) is 0 Å². The molecular formula is C18H25N6O7PS. The number of rotatable bonds is 7. The van der Waals surface area contributed by atoms with E-state index >= 15 is 0 Å². The molecule has 15 heteroatoms. The molecule has 1 aromatic carbocycles. The number of aliphatic hydroxyl groups excluding tert-OH is 1. The molecule has 33 heavy (non-hydrogen) atoms. The van der Waals surface area contributed by atoms with Crippen LogP contribution in [0.5, 0.6) is 0 Å². The van der Waals surface area contributed by atoms with Gasteiger partial charge in [-0.3, -0.25) is 18.9 Å². The molecule has 1 aliphatic heterocycles. The smallest absolute Gasteiger partial charge is 0.387 e. The number of aliphatic hydroxyl groups is 2. The van der Waals surface area contributed by atoms with Crippen LogP contribution in [-0.4, -0.2) is 59.0 Å². The van der Waals surface area contributed by atoms with Crippen LogP contribution in [0.4, 0.5) is 5.95 Å². The average Bonchev–Trinajstić information content (AvgIpc) is 3.25. The van der Waals surface area contributed by atoms with E-state index in [0.717, 1.165) is 5.56 Å². The number of ether oxygens (including phenoxy) is 1. The Morgan fingerprint density at radius 2 is 2.09 bits per heavy atom. The van der Waals surface area contributed by atoms with Gasteiger partial charge >= 0.3 is 7.75 Å². The van der Waals surface area contributed by atoms with Crippen molar-refractivity contribution in [3.05, 3.63) is 52.6 Å². The molecule has 0 radical (unpaired) electrons. The number of nitrogen functional groups attached to an aromatic ring is 1. The Morgan fingerprint density at radius 3 is 2.79 bits per heavy atom. The van der Waals surface area contributed by atoms with E-state index in [0.29, 0.717) is 0 Å². The first-order chi connectivity index (χ1) is 15.1. The average molecular weight is 500 g/mol. The second-order valence-corrected chi connectivity index (χ2v) is 9.22. The number of imidazole rings is 1. The third kappa shape index (κ3) is 5.13. The van der Waals surface area contributed by atoms with Gasteiger partial charge in [-0.25, -0.2) is 14.6 Å². The maximum absolute atomic E-state index is 12.3. The lowest BCUT2D eigenvalue weighted by molar-refractivity contribution is -0.0948. The highest BCUT2D eigenvalue weighted by atomic mass is 32.1. The van der Waals surface area contributed by atoms with Gasteiger partial charge in [0.25, 0.3) is 5.56 Å². The lowest BCUT2D eigenvalue weighted by Crippen LogP contribution is -2.44. The predicted octanol–water partition coefficient (Wildman–Crippen LogP) is -0.269. The maximum atomic E-state index is 12.3. The van der Waals surface area contributed by atoms with Gasteiger partial charge in [-0.15, -0.1) is 0 Å². The molecule has 4 rings (SSSR count). The number of aromatic amines is 1. The standard InChI is InChI=1S/C18H23N6O7P.H2S/c1-18(27)13(25)11(8-30-32(28,29)21-7-10-5-3-2-4-6-10)31-16(18)24-9-20-12-14(24)22-17(19)23-15(12)26;/h2-6,9,11,13,16,25,27H,7-8H2,1H3,(H2,21,28,29)(H3,19,22,23,26);1H2/t11-,13-,16-,18-;/m1./s1. The Kier molecular flexibility index (Phi) is 7.31. The first kappa shape index (κ1) is 25.3. The van der Waals surface area contributed by atoms with E-state index in [2.05, 4.69) is 20.0 Å². The summed E-state index contributed by atoms with van der Waals surface area (Å²) >= 11 is 0. The Hall–Kier alpha value is -2.29. The second-order valence-electron chi connectivity index (χ2n) is 7.61. The van der Waals surface area contributed by atoms with Crippen LogP contribution < -0.4 is 16.4 Å². The Labute approximate surface area is 194 Å². The van der Waals surface area contributed by atoms with Crippen LogP contribution in [0.1, 0.15) is 18.7 Å². The third-order valence-corrected chi connectivity index (χ3v) is 6.25. The Morgan fingerprint density at radius 1 is 1.39 bits per heavy atom. The maximum Gasteiger partial charge on any atom is 0.403 e. The fourth-order valence-corrected chi connectivity index (χ4v) is 4.32. The van der Waals surface area contributed by atoms with Gasteiger partial charge in [0, 0.05) is 6.54 Å². The molecule has 1 aliphatic rings. The third-order valence-electron chi connectivity index (χ3n) is 5.20. The van der Waals surface area contributed by atoms with Crippen LogP contribution in [0.3, 0.4) is 0 Å². The zero-order valence-corrected chi connectivity index (χ0v) is 19.3. The van der Waals surface area contributed by atoms with Crippen LogP contribution >= 0.6 is 21.2 Å².